The Kier molecular flexibility index (Phi) is 6.43. The molecule has 2 aromatic carbocycles. The molecule has 0 amide bonds. The summed E-state index contributed by atoms with van der Waals surface area (Å²) in [6.07, 6.45) is 0.958. The third-order valence-electron chi connectivity index (χ3n) is 5.08. The molecule has 1 N–H and O–H groups in total. The molecule has 3 rings (SSSR count). The van der Waals surface area contributed by atoms with Crippen molar-refractivity contribution in [3.8, 4) is 17.2 Å². The lowest BCUT2D eigenvalue weighted by Crippen LogP contribution is -2.44. The molecule has 1 atom stereocenters. The fourth-order valence-corrected chi connectivity index (χ4v) is 3.85. The smallest absolute Gasteiger partial charge is 0.161 e. The first-order valence-electron chi connectivity index (χ1n) is 8.64. The highest BCUT2D eigenvalue weighted by molar-refractivity contribution is 5.85. The molecular weight excluding hydrogens is 350 g/mol. The Morgan fingerprint density at radius 2 is 1.65 bits per heavy atom. The highest BCUT2D eigenvalue weighted by atomic mass is 35.5. The molecule has 26 heavy (non-hydrogen) atoms. The highest BCUT2D eigenvalue weighted by Gasteiger charge is 2.36. The van der Waals surface area contributed by atoms with Crippen molar-refractivity contribution in [2.45, 2.75) is 31.7 Å². The van der Waals surface area contributed by atoms with Gasteiger partial charge in [0, 0.05) is 11.5 Å². The van der Waals surface area contributed by atoms with Gasteiger partial charge in [-0.1, -0.05) is 12.1 Å². The first-order valence-corrected chi connectivity index (χ1v) is 8.64. The van der Waals surface area contributed by atoms with E-state index in [1.807, 2.05) is 6.07 Å². The quantitative estimate of drug-likeness (QED) is 0.867. The van der Waals surface area contributed by atoms with Gasteiger partial charge in [-0.3, -0.25) is 0 Å². The van der Waals surface area contributed by atoms with Gasteiger partial charge in [0.05, 0.1) is 21.3 Å². The molecule has 2 aromatic rings. The zero-order valence-electron chi connectivity index (χ0n) is 16.1. The molecule has 1 heterocycles. The van der Waals surface area contributed by atoms with E-state index in [9.17, 15) is 0 Å². The van der Waals surface area contributed by atoms with Crippen molar-refractivity contribution in [2.24, 2.45) is 0 Å². The number of methoxy groups -OCH3 is 3. The molecule has 1 unspecified atom stereocenters. The van der Waals surface area contributed by atoms with Gasteiger partial charge >= 0.3 is 0 Å². The lowest BCUT2D eigenvalue weighted by molar-refractivity contribution is 0.349. The van der Waals surface area contributed by atoms with E-state index in [1.54, 1.807) is 21.3 Å². The van der Waals surface area contributed by atoms with Crippen LogP contribution in [0.5, 0.6) is 17.2 Å². The second-order valence-electron chi connectivity index (χ2n) is 7.01. The minimum Gasteiger partial charge on any atom is -0.497 e. The van der Waals surface area contributed by atoms with Gasteiger partial charge < -0.3 is 19.5 Å². The Morgan fingerprint density at radius 3 is 2.31 bits per heavy atom. The van der Waals surface area contributed by atoms with Gasteiger partial charge in [-0.05, 0) is 67.8 Å². The lowest BCUT2D eigenvalue weighted by atomic mass is 9.76. The van der Waals surface area contributed by atoms with Gasteiger partial charge in [0.1, 0.15) is 5.75 Å². The largest absolute Gasteiger partial charge is 0.497 e. The third-order valence-corrected chi connectivity index (χ3v) is 5.08. The summed E-state index contributed by atoms with van der Waals surface area (Å²) < 4.78 is 16.5. The van der Waals surface area contributed by atoms with Crippen LogP contribution in [0.3, 0.4) is 0 Å². The number of nitrogens with one attached hydrogen (secondary N) is 1. The van der Waals surface area contributed by atoms with Crippen LogP contribution in [0.15, 0.2) is 36.4 Å². The van der Waals surface area contributed by atoms with Crippen LogP contribution in [0.25, 0.3) is 0 Å². The topological polar surface area (TPSA) is 39.7 Å². The number of hydrogen-bond donors (Lipinski definition) is 1. The van der Waals surface area contributed by atoms with E-state index in [1.165, 1.54) is 16.7 Å². The number of halogens is 1. The molecule has 0 bridgehead atoms. The molecule has 0 radical (unpaired) electrons. The number of hydrogen-bond acceptors (Lipinski definition) is 4. The van der Waals surface area contributed by atoms with Crippen LogP contribution in [0.2, 0.25) is 0 Å². The summed E-state index contributed by atoms with van der Waals surface area (Å²) in [5.41, 5.74) is 3.70. The number of rotatable bonds is 4. The summed E-state index contributed by atoms with van der Waals surface area (Å²) in [7, 11) is 5.07. The first-order chi connectivity index (χ1) is 12.0. The van der Waals surface area contributed by atoms with E-state index in [-0.39, 0.29) is 23.9 Å². The molecular formula is C21H28ClNO3. The Bertz CT molecular complexity index is 761. The van der Waals surface area contributed by atoms with Gasteiger partial charge in [-0.25, -0.2) is 0 Å². The van der Waals surface area contributed by atoms with Crippen LogP contribution in [-0.4, -0.2) is 33.4 Å². The fraction of sp³-hybridized carbons (Fsp3) is 0.429. The minimum atomic E-state index is -0.1000. The molecule has 0 spiro atoms. The van der Waals surface area contributed by atoms with Gasteiger partial charge in [0.2, 0.25) is 0 Å². The zero-order chi connectivity index (χ0) is 18.0. The molecule has 0 aliphatic carbocycles. The number of ether oxygens (including phenoxy) is 3. The van der Waals surface area contributed by atoms with Crippen molar-refractivity contribution in [3.05, 3.63) is 53.1 Å². The Balaban J connectivity index is 0.00000243. The summed E-state index contributed by atoms with van der Waals surface area (Å²) in [6.45, 7) is 5.43. The summed E-state index contributed by atoms with van der Waals surface area (Å²) in [5.74, 6) is 2.61. The molecule has 142 valence electrons. The summed E-state index contributed by atoms with van der Waals surface area (Å²) in [4.78, 5) is 0. The Hall–Kier alpha value is -1.91. The standard InChI is InChI=1S/C21H27NO3.ClH/c1-21(2)20(15-7-6-8-16(11-15)23-3)17-13-19(25-5)18(24-4)12-14(17)9-10-22-21;/h6-8,11-13,20,22H,9-10H2,1-5H3;1H. The van der Waals surface area contributed by atoms with E-state index >= 15 is 0 Å². The summed E-state index contributed by atoms with van der Waals surface area (Å²) in [6, 6.07) is 12.6. The van der Waals surface area contributed by atoms with Crippen molar-refractivity contribution in [1.82, 2.24) is 5.32 Å². The van der Waals surface area contributed by atoms with Crippen LogP contribution >= 0.6 is 12.4 Å². The SMILES string of the molecule is COc1cccc(C2c3cc(OC)c(OC)cc3CCNC2(C)C)c1.Cl. The molecule has 1 aliphatic heterocycles. The zero-order valence-corrected chi connectivity index (χ0v) is 16.9. The second-order valence-corrected chi connectivity index (χ2v) is 7.01. The average molecular weight is 378 g/mol. The van der Waals surface area contributed by atoms with Gasteiger partial charge in [0.25, 0.3) is 0 Å². The van der Waals surface area contributed by atoms with Crippen molar-refractivity contribution in [1.29, 1.82) is 0 Å². The normalized spacial score (nSPS) is 18.1. The number of fused-ring (bicyclic) bond motifs is 1. The molecule has 1 aliphatic rings. The first kappa shape index (κ1) is 20.4. The van der Waals surface area contributed by atoms with Crippen molar-refractivity contribution in [3.63, 3.8) is 0 Å². The molecule has 0 saturated carbocycles. The molecule has 0 saturated heterocycles. The van der Waals surface area contributed by atoms with E-state index in [2.05, 4.69) is 49.5 Å². The van der Waals surface area contributed by atoms with Crippen LogP contribution in [0.4, 0.5) is 0 Å². The van der Waals surface area contributed by atoms with E-state index in [0.717, 1.165) is 30.2 Å². The summed E-state index contributed by atoms with van der Waals surface area (Å²) >= 11 is 0. The maximum atomic E-state index is 5.57. The minimum absolute atomic E-state index is 0. The second kappa shape index (κ2) is 8.19. The van der Waals surface area contributed by atoms with E-state index in [4.69, 9.17) is 14.2 Å². The molecule has 0 fully saturated rings. The van der Waals surface area contributed by atoms with Crippen LogP contribution in [0.1, 0.15) is 36.5 Å². The van der Waals surface area contributed by atoms with Gasteiger partial charge in [0.15, 0.2) is 11.5 Å². The van der Waals surface area contributed by atoms with Crippen molar-refractivity contribution >= 4 is 12.4 Å². The Labute approximate surface area is 162 Å². The molecule has 4 nitrogen and oxygen atoms in total. The summed E-state index contributed by atoms with van der Waals surface area (Å²) in [5, 5.41) is 3.71. The highest BCUT2D eigenvalue weighted by Crippen LogP contribution is 2.43. The predicted octanol–water partition coefficient (Wildman–Crippen LogP) is 4.19. The number of benzene rings is 2. The maximum absolute atomic E-state index is 5.57. The van der Waals surface area contributed by atoms with Crippen molar-refractivity contribution in [2.75, 3.05) is 27.9 Å². The molecule has 0 aromatic heterocycles. The van der Waals surface area contributed by atoms with E-state index in [0.29, 0.717) is 0 Å². The fourth-order valence-electron chi connectivity index (χ4n) is 3.85. The van der Waals surface area contributed by atoms with Crippen molar-refractivity contribution < 1.29 is 14.2 Å². The van der Waals surface area contributed by atoms with Crippen LogP contribution in [0, 0.1) is 0 Å². The van der Waals surface area contributed by atoms with Gasteiger partial charge in [-0.2, -0.15) is 0 Å². The maximum Gasteiger partial charge on any atom is 0.161 e. The lowest BCUT2D eigenvalue weighted by Gasteiger charge is -2.35. The third kappa shape index (κ3) is 3.76. The van der Waals surface area contributed by atoms with Crippen LogP contribution < -0.4 is 19.5 Å². The average Bonchev–Trinajstić information content (AvgIpc) is 2.74. The Morgan fingerprint density at radius 1 is 0.962 bits per heavy atom. The molecule has 5 heteroatoms. The monoisotopic (exact) mass is 377 g/mol. The van der Waals surface area contributed by atoms with E-state index < -0.39 is 0 Å². The van der Waals surface area contributed by atoms with Crippen LogP contribution in [-0.2, 0) is 6.42 Å². The predicted molar refractivity (Wildman–Crippen MR) is 107 cm³/mol. The van der Waals surface area contributed by atoms with Gasteiger partial charge in [-0.15, -0.1) is 12.4 Å².